The molecular weight excluding hydrogens is 432 g/mol. The van der Waals surface area contributed by atoms with Crippen LogP contribution in [0.3, 0.4) is 0 Å². The average molecular weight is 457 g/mol. The van der Waals surface area contributed by atoms with Crippen LogP contribution in [0, 0.1) is 0 Å². The van der Waals surface area contributed by atoms with E-state index in [4.69, 9.17) is 19.9 Å². The Morgan fingerprint density at radius 3 is 2.38 bits per heavy atom. The second kappa shape index (κ2) is 10.5. The van der Waals surface area contributed by atoms with Crippen LogP contribution in [0.1, 0.15) is 31.3 Å². The van der Waals surface area contributed by atoms with Gasteiger partial charge in [-0.25, -0.2) is 0 Å². The van der Waals surface area contributed by atoms with E-state index in [1.54, 1.807) is 32.4 Å². The first-order valence-corrected chi connectivity index (χ1v) is 10.4. The van der Waals surface area contributed by atoms with Crippen LogP contribution in [0.2, 0.25) is 0 Å². The molecule has 3 rings (SSSR count). The zero-order chi connectivity index (χ0) is 23.1. The lowest BCUT2D eigenvalue weighted by Crippen LogP contribution is -2.25. The normalized spacial score (nSPS) is 10.3. The van der Waals surface area contributed by atoms with Gasteiger partial charge in [-0.2, -0.15) is 4.37 Å². The topological polar surface area (TPSA) is 125 Å². The molecule has 0 aliphatic rings. The lowest BCUT2D eigenvalue weighted by atomic mass is 10.2. The van der Waals surface area contributed by atoms with Gasteiger partial charge >= 0.3 is 0 Å². The Labute approximate surface area is 189 Å². The molecule has 2 aromatic carbocycles. The molecule has 0 radical (unpaired) electrons. The Kier molecular flexibility index (Phi) is 7.50. The maximum absolute atomic E-state index is 12.6. The number of benzene rings is 2. The smallest absolute Gasteiger partial charge is 0.273 e. The van der Waals surface area contributed by atoms with Crippen molar-refractivity contribution >= 4 is 29.0 Å². The molecule has 0 saturated carbocycles. The van der Waals surface area contributed by atoms with Crippen LogP contribution >= 0.6 is 11.5 Å². The summed E-state index contributed by atoms with van der Waals surface area (Å²) >= 11 is 0.872. The van der Waals surface area contributed by atoms with Crippen molar-refractivity contribution < 1.29 is 23.8 Å². The van der Waals surface area contributed by atoms with Crippen molar-refractivity contribution in [2.45, 2.75) is 13.1 Å². The minimum Gasteiger partial charge on any atom is -0.497 e. The van der Waals surface area contributed by atoms with Gasteiger partial charge in [0.15, 0.2) is 5.69 Å². The van der Waals surface area contributed by atoms with E-state index in [9.17, 15) is 9.59 Å². The van der Waals surface area contributed by atoms with E-state index in [1.165, 1.54) is 7.11 Å². The fourth-order valence-corrected chi connectivity index (χ4v) is 3.64. The predicted molar refractivity (Wildman–Crippen MR) is 121 cm³/mol. The molecule has 0 bridgehead atoms. The van der Waals surface area contributed by atoms with Crippen LogP contribution in [0.4, 0.5) is 5.69 Å². The van der Waals surface area contributed by atoms with E-state index in [-0.39, 0.29) is 29.3 Å². The predicted octanol–water partition coefficient (Wildman–Crippen LogP) is 2.61. The van der Waals surface area contributed by atoms with Crippen LogP contribution < -0.4 is 30.6 Å². The van der Waals surface area contributed by atoms with Gasteiger partial charge in [-0.1, -0.05) is 12.1 Å². The molecule has 0 atom stereocenters. The van der Waals surface area contributed by atoms with E-state index in [2.05, 4.69) is 15.0 Å². The number of hydrogen-bond donors (Lipinski definition) is 3. The van der Waals surface area contributed by atoms with E-state index < -0.39 is 11.8 Å². The van der Waals surface area contributed by atoms with Crippen molar-refractivity contribution in [3.8, 4) is 17.2 Å². The fourth-order valence-electron chi connectivity index (χ4n) is 2.93. The highest BCUT2D eigenvalue weighted by Gasteiger charge is 2.22. The first kappa shape index (κ1) is 22.9. The van der Waals surface area contributed by atoms with Crippen molar-refractivity contribution in [2.75, 3.05) is 27.1 Å². The average Bonchev–Trinajstić information content (AvgIpc) is 3.22. The highest BCUT2D eigenvalue weighted by Crippen LogP contribution is 2.25. The summed E-state index contributed by atoms with van der Waals surface area (Å²) in [5.41, 5.74) is 7.73. The lowest BCUT2D eigenvalue weighted by Gasteiger charge is -2.11. The number of rotatable bonds is 9. The van der Waals surface area contributed by atoms with E-state index in [1.807, 2.05) is 24.3 Å². The molecule has 0 fully saturated rings. The molecule has 0 aliphatic carbocycles. The second-order valence-corrected chi connectivity index (χ2v) is 7.44. The van der Waals surface area contributed by atoms with Crippen LogP contribution in [0.25, 0.3) is 0 Å². The number of carbonyl (C=O) groups is 2. The summed E-state index contributed by atoms with van der Waals surface area (Å²) in [4.78, 5) is 25.3. The van der Waals surface area contributed by atoms with Gasteiger partial charge in [0.1, 0.15) is 22.1 Å². The fraction of sp³-hybridized carbons (Fsp3) is 0.227. The summed E-state index contributed by atoms with van der Waals surface area (Å²) in [5.74, 6) is 1.03. The maximum atomic E-state index is 12.6. The summed E-state index contributed by atoms with van der Waals surface area (Å²) in [5, 5.41) is 5.53. The first-order chi connectivity index (χ1) is 15.5. The van der Waals surface area contributed by atoms with E-state index in [0.29, 0.717) is 17.2 Å². The highest BCUT2D eigenvalue weighted by molar-refractivity contribution is 7.09. The molecule has 10 heteroatoms. The van der Waals surface area contributed by atoms with Gasteiger partial charge in [-0.3, -0.25) is 9.59 Å². The SMILES string of the molecule is COc1cccc(CNC(=O)c2nsc(C(=O)NCc3ccc(OC)cc3OC)c2N)c1. The number of anilines is 1. The molecule has 0 unspecified atom stereocenters. The Hall–Kier alpha value is -3.79. The largest absolute Gasteiger partial charge is 0.497 e. The molecule has 1 heterocycles. The van der Waals surface area contributed by atoms with Gasteiger partial charge in [-0.05, 0) is 41.4 Å². The van der Waals surface area contributed by atoms with Gasteiger partial charge in [0.25, 0.3) is 11.8 Å². The summed E-state index contributed by atoms with van der Waals surface area (Å²) in [7, 11) is 4.68. The first-order valence-electron chi connectivity index (χ1n) is 9.62. The number of nitrogens with two attached hydrogens (primary N) is 1. The molecule has 2 amide bonds. The Morgan fingerprint density at radius 1 is 0.938 bits per heavy atom. The molecule has 4 N–H and O–H groups in total. The summed E-state index contributed by atoms with van der Waals surface area (Å²) < 4.78 is 19.8. The number of carbonyl (C=O) groups excluding carboxylic acids is 2. The number of aromatic nitrogens is 1. The zero-order valence-electron chi connectivity index (χ0n) is 17.9. The summed E-state index contributed by atoms with van der Waals surface area (Å²) in [6.07, 6.45) is 0. The van der Waals surface area contributed by atoms with Crippen molar-refractivity contribution in [3.63, 3.8) is 0 Å². The molecule has 1 aromatic heterocycles. The van der Waals surface area contributed by atoms with Gasteiger partial charge in [0, 0.05) is 24.7 Å². The molecule has 32 heavy (non-hydrogen) atoms. The molecule has 9 nitrogen and oxygen atoms in total. The molecule has 0 saturated heterocycles. The third kappa shape index (κ3) is 5.27. The molecule has 3 aromatic rings. The maximum Gasteiger partial charge on any atom is 0.273 e. The number of nitrogen functional groups attached to an aromatic ring is 1. The van der Waals surface area contributed by atoms with Crippen molar-refractivity contribution in [3.05, 3.63) is 64.2 Å². The third-order valence-corrected chi connectivity index (χ3v) is 5.53. The van der Waals surface area contributed by atoms with Crippen LogP contribution in [0.15, 0.2) is 42.5 Å². The zero-order valence-corrected chi connectivity index (χ0v) is 18.7. The molecule has 0 spiro atoms. The van der Waals surface area contributed by atoms with Gasteiger partial charge in [0.05, 0.1) is 27.0 Å². The minimum absolute atomic E-state index is 0.0186. The van der Waals surface area contributed by atoms with Crippen molar-refractivity contribution in [1.29, 1.82) is 0 Å². The quantitative estimate of drug-likeness (QED) is 0.452. The van der Waals surface area contributed by atoms with E-state index >= 15 is 0 Å². The molecular formula is C22H24N4O5S. The number of nitrogens with zero attached hydrogens (tertiary/aromatic N) is 1. The van der Waals surface area contributed by atoms with Gasteiger partial charge in [-0.15, -0.1) is 0 Å². The number of nitrogens with one attached hydrogen (secondary N) is 2. The number of methoxy groups -OCH3 is 3. The minimum atomic E-state index is -0.461. The second-order valence-electron chi connectivity index (χ2n) is 6.67. The number of hydrogen-bond acceptors (Lipinski definition) is 8. The number of amides is 2. The van der Waals surface area contributed by atoms with Crippen molar-refractivity contribution in [1.82, 2.24) is 15.0 Å². The Bertz CT molecular complexity index is 1120. The monoisotopic (exact) mass is 456 g/mol. The van der Waals surface area contributed by atoms with Crippen LogP contribution in [-0.2, 0) is 13.1 Å². The molecule has 168 valence electrons. The standard InChI is InChI=1S/C22H24N4O5S/c1-29-15-6-4-5-13(9-15)11-24-21(27)19-18(23)20(32-26-19)22(28)25-12-14-7-8-16(30-2)10-17(14)31-3/h4-10H,11-12,23H2,1-3H3,(H,24,27)(H,25,28). The van der Waals surface area contributed by atoms with Crippen LogP contribution in [-0.4, -0.2) is 37.5 Å². The van der Waals surface area contributed by atoms with E-state index in [0.717, 1.165) is 22.7 Å². The van der Waals surface area contributed by atoms with Crippen molar-refractivity contribution in [2.24, 2.45) is 0 Å². The molecule has 0 aliphatic heterocycles. The number of ether oxygens (including phenoxy) is 3. The lowest BCUT2D eigenvalue weighted by molar-refractivity contribution is 0.0946. The summed E-state index contributed by atoms with van der Waals surface area (Å²) in [6.45, 7) is 0.479. The third-order valence-electron chi connectivity index (χ3n) is 4.67. The highest BCUT2D eigenvalue weighted by atomic mass is 32.1. The van der Waals surface area contributed by atoms with Gasteiger partial charge < -0.3 is 30.6 Å². The summed E-state index contributed by atoms with van der Waals surface area (Å²) in [6, 6.07) is 12.6. The Morgan fingerprint density at radius 2 is 1.66 bits per heavy atom. The van der Waals surface area contributed by atoms with Crippen LogP contribution in [0.5, 0.6) is 17.2 Å². The van der Waals surface area contributed by atoms with Gasteiger partial charge in [0.2, 0.25) is 0 Å². The Balaban J connectivity index is 1.63.